The van der Waals surface area contributed by atoms with E-state index in [1.807, 2.05) is 35.0 Å². The van der Waals surface area contributed by atoms with Crippen molar-refractivity contribution in [3.63, 3.8) is 0 Å². The Kier molecular flexibility index (Phi) is 2.90. The predicted octanol–water partition coefficient (Wildman–Crippen LogP) is 1.55. The molecule has 0 saturated heterocycles. The van der Waals surface area contributed by atoms with Crippen LogP contribution in [-0.4, -0.2) is 27.0 Å². The molecule has 2 N–H and O–H groups in total. The van der Waals surface area contributed by atoms with Crippen molar-refractivity contribution in [3.8, 4) is 0 Å². The Morgan fingerprint density at radius 1 is 1.40 bits per heavy atom. The van der Waals surface area contributed by atoms with Crippen molar-refractivity contribution in [1.82, 2.24) is 14.0 Å². The summed E-state index contributed by atoms with van der Waals surface area (Å²) in [6, 6.07) is 7.39. The van der Waals surface area contributed by atoms with E-state index in [-0.39, 0.29) is 0 Å². The Bertz CT molecular complexity index is 739. The maximum Gasteiger partial charge on any atom is 0.354 e. The number of esters is 1. The highest BCUT2D eigenvalue weighted by atomic mass is 16.5. The number of nitrogens with two attached hydrogens (primary N) is 1. The van der Waals surface area contributed by atoms with Gasteiger partial charge in [-0.25, -0.2) is 9.78 Å². The van der Waals surface area contributed by atoms with Crippen LogP contribution in [0, 0.1) is 0 Å². The number of hydrogen-bond donors (Lipinski definition) is 1. The van der Waals surface area contributed by atoms with Gasteiger partial charge in [0.25, 0.3) is 0 Å². The minimum atomic E-state index is -0.412. The first-order chi connectivity index (χ1) is 9.67. The number of hydrogen-bond acceptors (Lipinski definition) is 4. The maximum absolute atomic E-state index is 11.7. The molecule has 0 spiro atoms. The topological polar surface area (TPSA) is 74.5 Å². The smallest absolute Gasteiger partial charge is 0.354 e. The molecule has 0 amide bonds. The third-order valence-electron chi connectivity index (χ3n) is 3.06. The van der Waals surface area contributed by atoms with Gasteiger partial charge in [0.1, 0.15) is 11.3 Å². The molecule has 0 aliphatic carbocycles. The largest absolute Gasteiger partial charge is 0.464 e. The van der Waals surface area contributed by atoms with Crippen molar-refractivity contribution in [2.75, 3.05) is 12.8 Å². The lowest BCUT2D eigenvalue weighted by molar-refractivity contribution is 0.0589. The van der Waals surface area contributed by atoms with Gasteiger partial charge in [0, 0.05) is 18.6 Å². The standard InChI is InChI=1S/C14H14N4O2/c1-20-14(19)12-6-10(15)7-18(12)9-11-8-17-5-3-2-4-13(17)16-11/h2-8H,9,15H2,1H3. The van der Waals surface area contributed by atoms with E-state index >= 15 is 0 Å². The first-order valence-electron chi connectivity index (χ1n) is 6.14. The SMILES string of the molecule is COC(=O)c1cc(N)cn1Cc1cn2ccccc2n1. The summed E-state index contributed by atoms with van der Waals surface area (Å²) in [6.07, 6.45) is 5.56. The van der Waals surface area contributed by atoms with Crippen molar-refractivity contribution in [2.45, 2.75) is 6.54 Å². The minimum absolute atomic E-state index is 0.412. The molecule has 102 valence electrons. The quantitative estimate of drug-likeness (QED) is 0.733. The summed E-state index contributed by atoms with van der Waals surface area (Å²) in [5.74, 6) is -0.412. The van der Waals surface area contributed by atoms with Crippen LogP contribution in [0.15, 0.2) is 42.9 Å². The van der Waals surface area contributed by atoms with Crippen LogP contribution < -0.4 is 5.73 Å². The number of nitrogens with zero attached hydrogens (tertiary/aromatic N) is 3. The van der Waals surface area contributed by atoms with Crippen LogP contribution in [-0.2, 0) is 11.3 Å². The number of carbonyl (C=O) groups excluding carboxylic acids is 1. The summed E-state index contributed by atoms with van der Waals surface area (Å²) in [6.45, 7) is 0.462. The number of methoxy groups -OCH3 is 1. The lowest BCUT2D eigenvalue weighted by Crippen LogP contribution is -2.10. The van der Waals surface area contributed by atoms with Gasteiger partial charge in [0.05, 0.1) is 25.0 Å². The van der Waals surface area contributed by atoms with Gasteiger partial charge in [0.2, 0.25) is 0 Å². The molecule has 3 aromatic rings. The van der Waals surface area contributed by atoms with Crippen molar-refractivity contribution in [2.24, 2.45) is 0 Å². The molecule has 0 aliphatic heterocycles. The number of fused-ring (bicyclic) bond motifs is 1. The number of ether oxygens (including phenoxy) is 1. The molecule has 0 saturated carbocycles. The Labute approximate surface area is 115 Å². The molecular weight excluding hydrogens is 256 g/mol. The molecule has 0 aliphatic rings. The van der Waals surface area contributed by atoms with Crippen LogP contribution in [0.5, 0.6) is 0 Å². The van der Waals surface area contributed by atoms with Crippen molar-refractivity contribution < 1.29 is 9.53 Å². The Morgan fingerprint density at radius 3 is 3.00 bits per heavy atom. The zero-order valence-corrected chi connectivity index (χ0v) is 11.0. The first-order valence-corrected chi connectivity index (χ1v) is 6.14. The maximum atomic E-state index is 11.7. The van der Waals surface area contributed by atoms with Crippen LogP contribution in [0.4, 0.5) is 5.69 Å². The average molecular weight is 270 g/mol. The van der Waals surface area contributed by atoms with Gasteiger partial charge in [-0.15, -0.1) is 0 Å². The summed E-state index contributed by atoms with van der Waals surface area (Å²) >= 11 is 0. The monoisotopic (exact) mass is 270 g/mol. The Hall–Kier alpha value is -2.76. The fourth-order valence-corrected chi connectivity index (χ4v) is 2.18. The van der Waals surface area contributed by atoms with E-state index in [1.165, 1.54) is 7.11 Å². The van der Waals surface area contributed by atoms with E-state index in [0.29, 0.717) is 17.9 Å². The van der Waals surface area contributed by atoms with Crippen LogP contribution in [0.2, 0.25) is 0 Å². The van der Waals surface area contributed by atoms with Gasteiger partial charge >= 0.3 is 5.97 Å². The number of rotatable bonds is 3. The Balaban J connectivity index is 1.96. The summed E-state index contributed by atoms with van der Waals surface area (Å²) < 4.78 is 8.42. The number of aromatic nitrogens is 3. The molecule has 6 nitrogen and oxygen atoms in total. The van der Waals surface area contributed by atoms with E-state index in [4.69, 9.17) is 10.5 Å². The number of imidazole rings is 1. The molecule has 0 radical (unpaired) electrons. The summed E-state index contributed by atoms with van der Waals surface area (Å²) in [5, 5.41) is 0. The number of anilines is 1. The molecular formula is C14H14N4O2. The fourth-order valence-electron chi connectivity index (χ4n) is 2.18. The third kappa shape index (κ3) is 2.11. The second kappa shape index (κ2) is 4.73. The highest BCUT2D eigenvalue weighted by Crippen LogP contribution is 2.14. The second-order valence-corrected chi connectivity index (χ2v) is 4.48. The van der Waals surface area contributed by atoms with Crippen molar-refractivity contribution >= 4 is 17.3 Å². The molecule has 0 atom stereocenters. The first kappa shape index (κ1) is 12.3. The highest BCUT2D eigenvalue weighted by Gasteiger charge is 2.14. The Morgan fingerprint density at radius 2 is 2.25 bits per heavy atom. The molecule has 3 heterocycles. The minimum Gasteiger partial charge on any atom is -0.464 e. The molecule has 3 aromatic heterocycles. The fraction of sp³-hybridized carbons (Fsp3) is 0.143. The highest BCUT2D eigenvalue weighted by molar-refractivity contribution is 5.89. The van der Waals surface area contributed by atoms with Gasteiger partial charge in [-0.1, -0.05) is 6.07 Å². The van der Waals surface area contributed by atoms with Crippen LogP contribution in [0.25, 0.3) is 5.65 Å². The van der Waals surface area contributed by atoms with Crippen LogP contribution >= 0.6 is 0 Å². The summed E-state index contributed by atoms with van der Waals surface area (Å²) in [5.41, 5.74) is 8.39. The van der Waals surface area contributed by atoms with E-state index in [2.05, 4.69) is 4.98 Å². The van der Waals surface area contributed by atoms with Crippen molar-refractivity contribution in [3.05, 3.63) is 54.2 Å². The molecule has 0 aromatic carbocycles. The van der Waals surface area contributed by atoms with Gasteiger partial charge in [0.15, 0.2) is 0 Å². The second-order valence-electron chi connectivity index (χ2n) is 4.48. The molecule has 3 rings (SSSR count). The molecule has 0 fully saturated rings. The van der Waals surface area contributed by atoms with E-state index in [1.54, 1.807) is 16.8 Å². The lowest BCUT2D eigenvalue weighted by Gasteiger charge is -2.04. The van der Waals surface area contributed by atoms with E-state index in [0.717, 1.165) is 11.3 Å². The average Bonchev–Trinajstić information content (AvgIpc) is 3.01. The number of pyridine rings is 1. The number of carbonyl (C=O) groups is 1. The van der Waals surface area contributed by atoms with Gasteiger partial charge < -0.3 is 19.4 Å². The molecule has 20 heavy (non-hydrogen) atoms. The predicted molar refractivity (Wildman–Crippen MR) is 74.5 cm³/mol. The third-order valence-corrected chi connectivity index (χ3v) is 3.06. The lowest BCUT2D eigenvalue weighted by atomic mass is 10.4. The van der Waals surface area contributed by atoms with E-state index in [9.17, 15) is 4.79 Å². The normalized spacial score (nSPS) is 10.8. The molecule has 0 unspecified atom stereocenters. The van der Waals surface area contributed by atoms with Crippen molar-refractivity contribution in [1.29, 1.82) is 0 Å². The van der Waals surface area contributed by atoms with Gasteiger partial charge in [-0.3, -0.25) is 0 Å². The molecule has 0 bridgehead atoms. The summed E-state index contributed by atoms with van der Waals surface area (Å²) in [4.78, 5) is 16.2. The van der Waals surface area contributed by atoms with Crippen LogP contribution in [0.3, 0.4) is 0 Å². The van der Waals surface area contributed by atoms with Gasteiger partial charge in [-0.2, -0.15) is 0 Å². The zero-order valence-electron chi connectivity index (χ0n) is 11.0. The van der Waals surface area contributed by atoms with Gasteiger partial charge in [-0.05, 0) is 18.2 Å². The zero-order chi connectivity index (χ0) is 14.1. The summed E-state index contributed by atoms with van der Waals surface area (Å²) in [7, 11) is 1.35. The number of nitrogen functional groups attached to an aromatic ring is 1. The molecule has 6 heteroatoms. The van der Waals surface area contributed by atoms with E-state index < -0.39 is 5.97 Å². The van der Waals surface area contributed by atoms with Crippen LogP contribution in [0.1, 0.15) is 16.2 Å².